The van der Waals surface area contributed by atoms with Gasteiger partial charge in [-0.1, -0.05) is 0 Å². The summed E-state index contributed by atoms with van der Waals surface area (Å²) in [5.74, 6) is -1.41. The summed E-state index contributed by atoms with van der Waals surface area (Å²) in [4.78, 5) is 10.1. The number of sulfonamides is 1. The fourth-order valence-electron chi connectivity index (χ4n) is 0.594. The summed E-state index contributed by atoms with van der Waals surface area (Å²) in [5.41, 5.74) is 5.03. The van der Waals surface area contributed by atoms with E-state index in [1.807, 2.05) is 0 Å². The van der Waals surface area contributed by atoms with Gasteiger partial charge in [-0.3, -0.25) is 4.79 Å². The van der Waals surface area contributed by atoms with E-state index in [0.29, 0.717) is 0 Å². The molecule has 0 unspecified atom stereocenters. The van der Waals surface area contributed by atoms with Gasteiger partial charge in [-0.2, -0.15) is 4.31 Å². The fraction of sp³-hybridized carbons (Fsp3) is 0.800. The summed E-state index contributed by atoms with van der Waals surface area (Å²) in [6.07, 6.45) is 0. The molecule has 0 saturated heterocycles. The Kier molecular flexibility index (Phi) is 8.19. The van der Waals surface area contributed by atoms with Crippen LogP contribution < -0.4 is 35.3 Å². The Balaban J connectivity index is -0.000000605. The normalized spacial score (nSPS) is 11.0. The second-order valence-electron chi connectivity index (χ2n) is 2.25. The molecule has 0 fully saturated rings. The standard InChI is InChI=1S/C5H12N2O4S.Na.H/c1-7(4-5(8)9)12(10,11)3-2-6;;/h2-4,6H2,1H3,(H,8,9);;/q;+1;-1. The van der Waals surface area contributed by atoms with Gasteiger partial charge in [-0.05, 0) is 0 Å². The first kappa shape index (κ1) is 15.8. The van der Waals surface area contributed by atoms with Crippen LogP contribution in [-0.2, 0) is 14.8 Å². The zero-order valence-corrected chi connectivity index (χ0v) is 10.5. The summed E-state index contributed by atoms with van der Waals surface area (Å²) >= 11 is 0. The smallest absolute Gasteiger partial charge is 1.00 e. The zero-order chi connectivity index (χ0) is 9.78. The zero-order valence-electron chi connectivity index (χ0n) is 8.73. The Morgan fingerprint density at radius 2 is 2.08 bits per heavy atom. The van der Waals surface area contributed by atoms with Crippen molar-refractivity contribution in [2.24, 2.45) is 5.73 Å². The van der Waals surface area contributed by atoms with E-state index in [1.165, 1.54) is 7.05 Å². The summed E-state index contributed by atoms with van der Waals surface area (Å²) in [6, 6.07) is 0. The number of nitrogens with two attached hydrogens (primary N) is 1. The van der Waals surface area contributed by atoms with Crippen molar-refractivity contribution in [1.29, 1.82) is 0 Å². The van der Waals surface area contributed by atoms with Crippen LogP contribution in [0.15, 0.2) is 0 Å². The van der Waals surface area contributed by atoms with Crippen LogP contribution in [0.25, 0.3) is 0 Å². The Labute approximate surface area is 101 Å². The summed E-state index contributed by atoms with van der Waals surface area (Å²) in [7, 11) is -2.27. The molecule has 8 heteroatoms. The van der Waals surface area contributed by atoms with Crippen molar-refractivity contribution in [2.75, 3.05) is 25.9 Å². The van der Waals surface area contributed by atoms with Gasteiger partial charge < -0.3 is 12.3 Å². The third-order valence-electron chi connectivity index (χ3n) is 1.21. The second-order valence-corrected chi connectivity index (χ2v) is 4.45. The molecule has 0 aliphatic rings. The monoisotopic (exact) mass is 220 g/mol. The molecule has 0 saturated carbocycles. The van der Waals surface area contributed by atoms with E-state index in [9.17, 15) is 13.2 Å². The van der Waals surface area contributed by atoms with Gasteiger partial charge in [-0.15, -0.1) is 0 Å². The molecule has 13 heavy (non-hydrogen) atoms. The van der Waals surface area contributed by atoms with Crippen molar-refractivity contribution < 1.29 is 49.3 Å². The number of hydrogen-bond donors (Lipinski definition) is 2. The predicted octanol–water partition coefficient (Wildman–Crippen LogP) is -4.59. The molecular weight excluding hydrogens is 207 g/mol. The molecular formula is C5H13N2NaO4S. The Hall–Kier alpha value is 0.340. The minimum absolute atomic E-state index is 0. The first-order valence-corrected chi connectivity index (χ1v) is 4.87. The Bertz CT molecular complexity index is 258. The number of rotatable bonds is 5. The Morgan fingerprint density at radius 1 is 1.62 bits per heavy atom. The maximum absolute atomic E-state index is 11.0. The van der Waals surface area contributed by atoms with Crippen LogP contribution in [-0.4, -0.2) is 49.7 Å². The van der Waals surface area contributed by atoms with Gasteiger partial charge in [0.15, 0.2) is 0 Å². The molecule has 0 aromatic heterocycles. The molecule has 6 nitrogen and oxygen atoms in total. The molecule has 74 valence electrons. The van der Waals surface area contributed by atoms with Crippen LogP contribution in [0.4, 0.5) is 0 Å². The molecule has 0 aromatic rings. The number of aliphatic carboxylic acids is 1. The van der Waals surface area contributed by atoms with E-state index in [1.54, 1.807) is 0 Å². The van der Waals surface area contributed by atoms with E-state index in [2.05, 4.69) is 0 Å². The van der Waals surface area contributed by atoms with Gasteiger partial charge >= 0.3 is 35.5 Å². The van der Waals surface area contributed by atoms with Crippen molar-refractivity contribution in [1.82, 2.24) is 4.31 Å². The van der Waals surface area contributed by atoms with Gasteiger partial charge in [0, 0.05) is 13.6 Å². The molecule has 3 N–H and O–H groups in total. The van der Waals surface area contributed by atoms with Crippen molar-refractivity contribution >= 4 is 16.0 Å². The van der Waals surface area contributed by atoms with E-state index >= 15 is 0 Å². The van der Waals surface area contributed by atoms with E-state index in [-0.39, 0.29) is 43.3 Å². The van der Waals surface area contributed by atoms with Crippen LogP contribution in [0.1, 0.15) is 1.43 Å². The van der Waals surface area contributed by atoms with Crippen LogP contribution in [0.3, 0.4) is 0 Å². The number of likely N-dealkylation sites (N-methyl/N-ethyl adjacent to an activating group) is 1. The summed E-state index contributed by atoms with van der Waals surface area (Å²) in [6.45, 7) is -0.533. The molecule has 0 amide bonds. The largest absolute Gasteiger partial charge is 1.00 e. The molecule has 0 spiro atoms. The minimum atomic E-state index is -3.48. The maximum atomic E-state index is 11.0. The number of carboxylic acid groups (broad SMARTS) is 1. The molecule has 0 bridgehead atoms. The van der Waals surface area contributed by atoms with E-state index < -0.39 is 22.5 Å². The molecule has 0 radical (unpaired) electrons. The van der Waals surface area contributed by atoms with Gasteiger partial charge in [-0.25, -0.2) is 8.42 Å². The number of carboxylic acids is 1. The minimum Gasteiger partial charge on any atom is -1.00 e. The quantitative estimate of drug-likeness (QED) is 0.454. The fourth-order valence-corrected chi connectivity index (χ4v) is 1.51. The van der Waals surface area contributed by atoms with Gasteiger partial charge in [0.1, 0.15) is 6.54 Å². The molecule has 0 heterocycles. The summed E-state index contributed by atoms with van der Waals surface area (Å²) < 4.78 is 22.9. The second kappa shape index (κ2) is 6.74. The number of hydrogen-bond acceptors (Lipinski definition) is 4. The molecule has 0 aromatic carbocycles. The number of carbonyl (C=O) groups is 1. The van der Waals surface area contributed by atoms with Gasteiger partial charge in [0.05, 0.1) is 5.75 Å². The SMILES string of the molecule is CN(CC(=O)O)S(=O)(=O)CCN.[H-].[Na+]. The molecule has 0 atom stereocenters. The van der Waals surface area contributed by atoms with Crippen molar-refractivity contribution in [2.45, 2.75) is 0 Å². The number of nitrogens with zero attached hydrogens (tertiary/aromatic N) is 1. The average molecular weight is 220 g/mol. The molecule has 0 aliphatic heterocycles. The van der Waals surface area contributed by atoms with E-state index in [0.717, 1.165) is 4.31 Å². The predicted molar refractivity (Wildman–Crippen MR) is 44.2 cm³/mol. The van der Waals surface area contributed by atoms with Crippen molar-refractivity contribution in [3.8, 4) is 0 Å². The third-order valence-corrected chi connectivity index (χ3v) is 3.04. The van der Waals surface area contributed by atoms with Crippen LogP contribution >= 0.6 is 0 Å². The van der Waals surface area contributed by atoms with Crippen LogP contribution in [0.2, 0.25) is 0 Å². The summed E-state index contributed by atoms with van der Waals surface area (Å²) in [5, 5.41) is 8.28. The average Bonchev–Trinajstić information content (AvgIpc) is 1.85. The maximum Gasteiger partial charge on any atom is 1.00 e. The topological polar surface area (TPSA) is 101 Å². The first-order valence-electron chi connectivity index (χ1n) is 3.26. The third kappa shape index (κ3) is 6.42. The van der Waals surface area contributed by atoms with Crippen molar-refractivity contribution in [3.05, 3.63) is 0 Å². The van der Waals surface area contributed by atoms with Gasteiger partial charge in [0.2, 0.25) is 10.0 Å². The van der Waals surface area contributed by atoms with Crippen LogP contribution in [0, 0.1) is 0 Å². The van der Waals surface area contributed by atoms with Crippen molar-refractivity contribution in [3.63, 3.8) is 0 Å². The molecule has 0 aliphatic carbocycles. The van der Waals surface area contributed by atoms with Gasteiger partial charge in [0.25, 0.3) is 0 Å². The van der Waals surface area contributed by atoms with E-state index in [4.69, 9.17) is 10.8 Å². The van der Waals surface area contributed by atoms with Crippen LogP contribution in [0.5, 0.6) is 0 Å². The molecule has 0 rings (SSSR count). The first-order chi connectivity index (χ1) is 5.40. The Morgan fingerprint density at radius 3 is 2.38 bits per heavy atom.